The maximum atomic E-state index is 13.1. The van der Waals surface area contributed by atoms with E-state index in [4.69, 9.17) is 0 Å². The molecule has 100 valence electrons. The predicted octanol–water partition coefficient (Wildman–Crippen LogP) is 4.49. The van der Waals surface area contributed by atoms with Crippen molar-refractivity contribution in [3.05, 3.63) is 65.0 Å². The van der Waals surface area contributed by atoms with Crippen LogP contribution in [0.5, 0.6) is 0 Å². The van der Waals surface area contributed by atoms with E-state index < -0.39 is 0 Å². The zero-order valence-electron chi connectivity index (χ0n) is 11.7. The Hall–Kier alpha value is -1.83. The Balaban J connectivity index is 2.03. The van der Waals surface area contributed by atoms with Crippen LogP contribution in [0.3, 0.4) is 0 Å². The summed E-state index contributed by atoms with van der Waals surface area (Å²) in [5.74, 6) is -0.170. The predicted molar refractivity (Wildman–Crippen MR) is 79.1 cm³/mol. The van der Waals surface area contributed by atoms with Crippen molar-refractivity contribution < 1.29 is 4.39 Å². The average Bonchev–Trinajstić information content (AvgIpc) is 2.33. The molecule has 0 fully saturated rings. The lowest BCUT2D eigenvalue weighted by Crippen LogP contribution is -2.18. The van der Waals surface area contributed by atoms with Crippen molar-refractivity contribution in [2.45, 2.75) is 33.2 Å². The number of anilines is 1. The summed E-state index contributed by atoms with van der Waals surface area (Å²) in [5, 5.41) is 3.48. The second kappa shape index (κ2) is 5.87. The lowest BCUT2D eigenvalue weighted by atomic mass is 10.1. The van der Waals surface area contributed by atoms with Crippen molar-refractivity contribution in [3.8, 4) is 0 Å². The highest BCUT2D eigenvalue weighted by Crippen LogP contribution is 2.18. The molecule has 0 aliphatic rings. The third-order valence-corrected chi connectivity index (χ3v) is 3.21. The second-order valence-corrected chi connectivity index (χ2v) is 5.20. The van der Waals surface area contributed by atoms with Gasteiger partial charge in [0, 0.05) is 11.7 Å². The number of aryl methyl sites for hydroxylation is 2. The average molecular weight is 257 g/mol. The summed E-state index contributed by atoms with van der Waals surface area (Å²) in [6.45, 7) is 6.31. The molecular weight excluding hydrogens is 237 g/mol. The maximum absolute atomic E-state index is 13.1. The van der Waals surface area contributed by atoms with Gasteiger partial charge >= 0.3 is 0 Å². The fourth-order valence-electron chi connectivity index (χ4n) is 2.31. The van der Waals surface area contributed by atoms with E-state index in [1.807, 2.05) is 6.07 Å². The summed E-state index contributed by atoms with van der Waals surface area (Å²) in [5.41, 5.74) is 4.67. The summed E-state index contributed by atoms with van der Waals surface area (Å²) in [6.07, 6.45) is 0.811. The number of benzene rings is 2. The second-order valence-electron chi connectivity index (χ2n) is 5.20. The minimum Gasteiger partial charge on any atom is -0.382 e. The Morgan fingerprint density at radius 2 is 1.89 bits per heavy atom. The molecule has 1 unspecified atom stereocenters. The van der Waals surface area contributed by atoms with Gasteiger partial charge in [0.1, 0.15) is 5.82 Å². The molecule has 2 aromatic carbocycles. The SMILES string of the molecule is Cc1ccc(NC(C)Cc2cccc(F)c2)c(C)c1. The first kappa shape index (κ1) is 13.6. The molecule has 0 bridgehead atoms. The van der Waals surface area contributed by atoms with Crippen LogP contribution < -0.4 is 5.32 Å². The van der Waals surface area contributed by atoms with Gasteiger partial charge in [-0.15, -0.1) is 0 Å². The third kappa shape index (κ3) is 3.82. The molecule has 0 amide bonds. The number of hydrogen-bond acceptors (Lipinski definition) is 1. The molecular formula is C17H20FN. The van der Waals surface area contributed by atoms with Crippen molar-refractivity contribution in [1.82, 2.24) is 0 Å². The van der Waals surface area contributed by atoms with E-state index in [9.17, 15) is 4.39 Å². The Kier molecular flexibility index (Phi) is 4.20. The summed E-state index contributed by atoms with van der Waals surface area (Å²) < 4.78 is 13.1. The summed E-state index contributed by atoms with van der Waals surface area (Å²) >= 11 is 0. The summed E-state index contributed by atoms with van der Waals surface area (Å²) in [7, 11) is 0. The van der Waals surface area contributed by atoms with Crippen LogP contribution in [0.4, 0.5) is 10.1 Å². The number of rotatable bonds is 4. The van der Waals surface area contributed by atoms with Gasteiger partial charge < -0.3 is 5.32 Å². The van der Waals surface area contributed by atoms with Crippen LogP contribution in [-0.2, 0) is 6.42 Å². The highest BCUT2D eigenvalue weighted by Gasteiger charge is 2.06. The zero-order valence-corrected chi connectivity index (χ0v) is 11.7. The van der Waals surface area contributed by atoms with E-state index in [-0.39, 0.29) is 11.9 Å². The van der Waals surface area contributed by atoms with Crippen molar-refractivity contribution >= 4 is 5.69 Å². The van der Waals surface area contributed by atoms with Gasteiger partial charge in [0.15, 0.2) is 0 Å². The highest BCUT2D eigenvalue weighted by molar-refractivity contribution is 5.52. The minimum absolute atomic E-state index is 0.170. The van der Waals surface area contributed by atoms with Crippen molar-refractivity contribution in [2.24, 2.45) is 0 Å². The monoisotopic (exact) mass is 257 g/mol. The van der Waals surface area contributed by atoms with Gasteiger partial charge in [0.25, 0.3) is 0 Å². The van der Waals surface area contributed by atoms with Crippen LogP contribution >= 0.6 is 0 Å². The van der Waals surface area contributed by atoms with Gasteiger partial charge in [-0.3, -0.25) is 0 Å². The van der Waals surface area contributed by atoms with E-state index in [0.717, 1.165) is 17.7 Å². The van der Waals surface area contributed by atoms with E-state index in [0.29, 0.717) is 0 Å². The Morgan fingerprint density at radius 3 is 2.58 bits per heavy atom. The Labute approximate surface area is 114 Å². The van der Waals surface area contributed by atoms with Gasteiger partial charge in [0.05, 0.1) is 0 Å². The Bertz CT molecular complexity index is 563. The molecule has 1 atom stereocenters. The molecule has 0 spiro atoms. The fraction of sp³-hybridized carbons (Fsp3) is 0.294. The molecule has 2 rings (SSSR count). The highest BCUT2D eigenvalue weighted by atomic mass is 19.1. The lowest BCUT2D eigenvalue weighted by Gasteiger charge is -2.17. The quantitative estimate of drug-likeness (QED) is 0.851. The smallest absolute Gasteiger partial charge is 0.123 e. The van der Waals surface area contributed by atoms with Gasteiger partial charge in [-0.1, -0.05) is 29.8 Å². The van der Waals surface area contributed by atoms with E-state index in [1.54, 1.807) is 12.1 Å². The summed E-state index contributed by atoms with van der Waals surface area (Å²) in [6, 6.07) is 13.4. The Morgan fingerprint density at radius 1 is 1.11 bits per heavy atom. The molecule has 2 aromatic rings. The van der Waals surface area contributed by atoms with Crippen LogP contribution in [0.25, 0.3) is 0 Å². The molecule has 0 aliphatic heterocycles. The van der Waals surface area contributed by atoms with E-state index in [1.165, 1.54) is 17.2 Å². The molecule has 0 aromatic heterocycles. The van der Waals surface area contributed by atoms with Crippen molar-refractivity contribution in [2.75, 3.05) is 5.32 Å². The van der Waals surface area contributed by atoms with Crippen molar-refractivity contribution in [3.63, 3.8) is 0 Å². The standard InChI is InChI=1S/C17H20FN/c1-12-7-8-17(13(2)9-12)19-14(3)10-15-5-4-6-16(18)11-15/h4-9,11,14,19H,10H2,1-3H3. The molecule has 1 N–H and O–H groups in total. The first-order chi connectivity index (χ1) is 9.04. The molecule has 19 heavy (non-hydrogen) atoms. The van der Waals surface area contributed by atoms with Crippen LogP contribution in [0.15, 0.2) is 42.5 Å². The minimum atomic E-state index is -0.170. The maximum Gasteiger partial charge on any atom is 0.123 e. The molecule has 0 saturated carbocycles. The largest absolute Gasteiger partial charge is 0.382 e. The lowest BCUT2D eigenvalue weighted by molar-refractivity contribution is 0.624. The number of hydrogen-bond donors (Lipinski definition) is 1. The first-order valence-electron chi connectivity index (χ1n) is 6.63. The van der Waals surface area contributed by atoms with Gasteiger partial charge in [-0.2, -0.15) is 0 Å². The first-order valence-corrected chi connectivity index (χ1v) is 6.63. The third-order valence-electron chi connectivity index (χ3n) is 3.21. The van der Waals surface area contributed by atoms with Gasteiger partial charge in [-0.25, -0.2) is 4.39 Å². The van der Waals surface area contributed by atoms with Crippen molar-refractivity contribution in [1.29, 1.82) is 0 Å². The molecule has 1 nitrogen and oxygen atoms in total. The van der Waals surface area contributed by atoms with Gasteiger partial charge in [-0.05, 0) is 56.5 Å². The molecule has 0 aliphatic carbocycles. The number of nitrogens with one attached hydrogen (secondary N) is 1. The molecule has 2 heteroatoms. The normalized spacial score (nSPS) is 12.2. The van der Waals surface area contributed by atoms with E-state index >= 15 is 0 Å². The molecule has 0 heterocycles. The van der Waals surface area contributed by atoms with Crippen LogP contribution in [0.2, 0.25) is 0 Å². The molecule has 0 saturated heterocycles. The van der Waals surface area contributed by atoms with Gasteiger partial charge in [0.2, 0.25) is 0 Å². The van der Waals surface area contributed by atoms with E-state index in [2.05, 4.69) is 44.3 Å². The van der Waals surface area contributed by atoms with Crippen LogP contribution in [0, 0.1) is 19.7 Å². The molecule has 0 radical (unpaired) electrons. The summed E-state index contributed by atoms with van der Waals surface area (Å²) in [4.78, 5) is 0. The topological polar surface area (TPSA) is 12.0 Å². The van der Waals surface area contributed by atoms with Crippen LogP contribution in [0.1, 0.15) is 23.6 Å². The van der Waals surface area contributed by atoms with Crippen LogP contribution in [-0.4, -0.2) is 6.04 Å². The fourth-order valence-corrected chi connectivity index (χ4v) is 2.31. The number of halogens is 1. The zero-order chi connectivity index (χ0) is 13.8.